The maximum absolute atomic E-state index is 5.78. The van der Waals surface area contributed by atoms with Crippen LogP contribution in [0.25, 0.3) is 0 Å². The van der Waals surface area contributed by atoms with Gasteiger partial charge in [0, 0.05) is 36.7 Å². The molecule has 2 rings (SSSR count). The van der Waals surface area contributed by atoms with Crippen LogP contribution in [0.4, 0.5) is 0 Å². The number of ether oxygens (including phenoxy) is 1. The lowest BCUT2D eigenvalue weighted by Gasteiger charge is -2.24. The van der Waals surface area contributed by atoms with Gasteiger partial charge in [-0.1, -0.05) is 18.2 Å². The summed E-state index contributed by atoms with van der Waals surface area (Å²) in [7, 11) is 0. The summed E-state index contributed by atoms with van der Waals surface area (Å²) in [4.78, 5) is 6.83. The third kappa shape index (κ3) is 4.49. The predicted molar refractivity (Wildman–Crippen MR) is 90.4 cm³/mol. The number of likely N-dealkylation sites (tertiary alicyclic amines) is 1. The molecule has 1 spiro atoms. The molecule has 0 amide bonds. The van der Waals surface area contributed by atoms with Gasteiger partial charge in [-0.05, 0) is 19.8 Å². The van der Waals surface area contributed by atoms with E-state index in [0.29, 0.717) is 17.0 Å². The van der Waals surface area contributed by atoms with E-state index in [1.165, 1.54) is 12.8 Å². The van der Waals surface area contributed by atoms with Crippen molar-refractivity contribution in [3.05, 3.63) is 11.6 Å². The van der Waals surface area contributed by atoms with Crippen molar-refractivity contribution >= 4 is 41.5 Å². The van der Waals surface area contributed by atoms with E-state index >= 15 is 0 Å². The zero-order valence-corrected chi connectivity index (χ0v) is 14.5. The molecule has 1 atom stereocenters. The molecule has 0 aromatic carbocycles. The number of nitrogens with one attached hydrogen (secondary N) is 1. The number of guanidine groups is 1. The molecule has 0 radical (unpaired) electrons. The molecule has 1 N–H and O–H groups in total. The topological polar surface area (TPSA) is 36.9 Å². The van der Waals surface area contributed by atoms with Gasteiger partial charge < -0.3 is 15.0 Å². The van der Waals surface area contributed by atoms with Crippen LogP contribution in [0.5, 0.6) is 0 Å². The Morgan fingerprint density at radius 3 is 2.89 bits per heavy atom. The first kappa shape index (κ1) is 17.0. The molecule has 4 nitrogen and oxygen atoms in total. The molecule has 1 unspecified atom stereocenters. The summed E-state index contributed by atoms with van der Waals surface area (Å²) >= 11 is 5.78. The third-order valence-electron chi connectivity index (χ3n) is 3.66. The Balaban J connectivity index is 0.00000180. The Morgan fingerprint density at radius 2 is 2.32 bits per heavy atom. The lowest BCUT2D eigenvalue weighted by atomic mass is 9.87. The molecule has 2 fully saturated rings. The predicted octanol–water partition coefficient (Wildman–Crippen LogP) is 2.43. The standard InChI is InChI=1S/C13H22ClN3O.HI/c1-3-15-12(16-8-11(2)14)17-6-4-13(9-17)5-7-18-10-13;/h2-10H2,1H3,(H,15,16);1H. The molecule has 6 heteroatoms. The quantitative estimate of drug-likeness (QED) is 0.450. The first-order chi connectivity index (χ1) is 8.65. The summed E-state index contributed by atoms with van der Waals surface area (Å²) in [6, 6.07) is 0. The van der Waals surface area contributed by atoms with Crippen LogP contribution in [-0.2, 0) is 4.74 Å². The van der Waals surface area contributed by atoms with Gasteiger partial charge in [-0.3, -0.25) is 0 Å². The van der Waals surface area contributed by atoms with E-state index in [4.69, 9.17) is 16.3 Å². The van der Waals surface area contributed by atoms with Crippen LogP contribution in [0.3, 0.4) is 0 Å². The largest absolute Gasteiger partial charge is 0.381 e. The molecule has 0 aromatic heterocycles. The Labute approximate surface area is 137 Å². The molecule has 2 aliphatic heterocycles. The van der Waals surface area contributed by atoms with E-state index in [0.717, 1.165) is 38.8 Å². The summed E-state index contributed by atoms with van der Waals surface area (Å²) in [6.45, 7) is 11.0. The Kier molecular flexibility index (Phi) is 6.90. The minimum Gasteiger partial charge on any atom is -0.381 e. The van der Waals surface area contributed by atoms with E-state index in [2.05, 4.69) is 28.7 Å². The van der Waals surface area contributed by atoms with Crippen LogP contribution in [0, 0.1) is 5.41 Å². The van der Waals surface area contributed by atoms with Gasteiger partial charge in [0.2, 0.25) is 0 Å². The molecule has 0 bridgehead atoms. The highest BCUT2D eigenvalue weighted by Gasteiger charge is 2.42. The number of rotatable bonds is 3. The second-order valence-electron chi connectivity index (χ2n) is 5.16. The number of aliphatic imine (C=N–C) groups is 1. The molecule has 0 saturated carbocycles. The molecule has 0 aliphatic carbocycles. The van der Waals surface area contributed by atoms with Crippen molar-refractivity contribution in [1.29, 1.82) is 0 Å². The second-order valence-corrected chi connectivity index (χ2v) is 5.70. The average Bonchev–Trinajstić information content (AvgIpc) is 2.96. The zero-order chi connectivity index (χ0) is 13.0. The van der Waals surface area contributed by atoms with Crippen molar-refractivity contribution in [2.45, 2.75) is 19.8 Å². The lowest BCUT2D eigenvalue weighted by molar-refractivity contribution is 0.156. The summed E-state index contributed by atoms with van der Waals surface area (Å²) in [6.07, 6.45) is 2.37. The van der Waals surface area contributed by atoms with Gasteiger partial charge in [-0.25, -0.2) is 4.99 Å². The minimum absolute atomic E-state index is 0. The smallest absolute Gasteiger partial charge is 0.194 e. The van der Waals surface area contributed by atoms with Crippen molar-refractivity contribution in [3.63, 3.8) is 0 Å². The van der Waals surface area contributed by atoms with Crippen LogP contribution in [0.2, 0.25) is 0 Å². The second kappa shape index (κ2) is 7.69. The number of nitrogens with zero attached hydrogens (tertiary/aromatic N) is 2. The van der Waals surface area contributed by atoms with Crippen LogP contribution >= 0.6 is 35.6 Å². The van der Waals surface area contributed by atoms with Gasteiger partial charge in [0.05, 0.1) is 13.2 Å². The summed E-state index contributed by atoms with van der Waals surface area (Å²) in [5.41, 5.74) is 0.355. The van der Waals surface area contributed by atoms with E-state index < -0.39 is 0 Å². The molecule has 0 aromatic rings. The first-order valence-corrected chi connectivity index (χ1v) is 6.97. The highest BCUT2D eigenvalue weighted by atomic mass is 127. The van der Waals surface area contributed by atoms with Crippen molar-refractivity contribution in [2.75, 3.05) is 39.4 Å². The van der Waals surface area contributed by atoms with Crippen LogP contribution < -0.4 is 5.32 Å². The maximum atomic E-state index is 5.78. The normalized spacial score (nSPS) is 26.6. The fourth-order valence-electron chi connectivity index (χ4n) is 2.67. The van der Waals surface area contributed by atoms with E-state index in [1.807, 2.05) is 0 Å². The highest BCUT2D eigenvalue weighted by molar-refractivity contribution is 14.0. The van der Waals surface area contributed by atoms with Gasteiger partial charge in [-0.15, -0.1) is 24.0 Å². The summed E-state index contributed by atoms with van der Waals surface area (Å²) in [5.74, 6) is 0.947. The lowest BCUT2D eigenvalue weighted by Crippen LogP contribution is -2.41. The Hall–Kier alpha value is -0.0100. The highest BCUT2D eigenvalue weighted by Crippen LogP contribution is 2.38. The number of halogens is 2. The average molecular weight is 400 g/mol. The fraction of sp³-hybridized carbons (Fsp3) is 0.769. The molecule has 19 heavy (non-hydrogen) atoms. The SMILES string of the molecule is C=C(Cl)CN=C(NCC)N1CCC2(CCOC2)C1.I. The molecular formula is C13H23ClIN3O. The summed E-state index contributed by atoms with van der Waals surface area (Å²) in [5, 5.41) is 3.89. The van der Waals surface area contributed by atoms with Gasteiger partial charge >= 0.3 is 0 Å². The van der Waals surface area contributed by atoms with E-state index in [-0.39, 0.29) is 24.0 Å². The van der Waals surface area contributed by atoms with Gasteiger partial charge in [0.25, 0.3) is 0 Å². The van der Waals surface area contributed by atoms with E-state index in [9.17, 15) is 0 Å². The Bertz CT molecular complexity index is 343. The van der Waals surface area contributed by atoms with E-state index in [1.54, 1.807) is 0 Å². The molecule has 110 valence electrons. The minimum atomic E-state index is 0. The molecule has 2 aliphatic rings. The van der Waals surface area contributed by atoms with Crippen molar-refractivity contribution < 1.29 is 4.74 Å². The summed E-state index contributed by atoms with van der Waals surface area (Å²) < 4.78 is 5.55. The zero-order valence-electron chi connectivity index (χ0n) is 11.5. The van der Waals surface area contributed by atoms with Crippen molar-refractivity contribution in [1.82, 2.24) is 10.2 Å². The maximum Gasteiger partial charge on any atom is 0.194 e. The number of hydrogen-bond acceptors (Lipinski definition) is 2. The third-order valence-corrected chi connectivity index (χ3v) is 3.78. The van der Waals surface area contributed by atoms with Crippen molar-refractivity contribution in [3.8, 4) is 0 Å². The van der Waals surface area contributed by atoms with Gasteiger partial charge in [-0.2, -0.15) is 0 Å². The number of hydrogen-bond donors (Lipinski definition) is 1. The fourth-order valence-corrected chi connectivity index (χ4v) is 2.73. The monoisotopic (exact) mass is 399 g/mol. The molecule has 2 heterocycles. The van der Waals surface area contributed by atoms with Crippen LogP contribution in [0.15, 0.2) is 16.6 Å². The Morgan fingerprint density at radius 1 is 1.53 bits per heavy atom. The first-order valence-electron chi connectivity index (χ1n) is 6.59. The molecule has 2 saturated heterocycles. The van der Waals surface area contributed by atoms with Crippen LogP contribution in [-0.4, -0.2) is 50.3 Å². The molecular weight excluding hydrogens is 377 g/mol. The van der Waals surface area contributed by atoms with Gasteiger partial charge in [0.1, 0.15) is 0 Å². The van der Waals surface area contributed by atoms with Crippen molar-refractivity contribution in [2.24, 2.45) is 10.4 Å². The van der Waals surface area contributed by atoms with Crippen LogP contribution in [0.1, 0.15) is 19.8 Å². The van der Waals surface area contributed by atoms with Gasteiger partial charge in [0.15, 0.2) is 5.96 Å².